The van der Waals surface area contributed by atoms with Crippen LogP contribution in [0, 0.1) is 5.92 Å². The largest absolute Gasteiger partial charge is 0.493 e. The molecule has 1 aromatic carbocycles. The molecule has 0 saturated carbocycles. The maximum Gasteiger partial charge on any atom is 0.190 e. The lowest BCUT2D eigenvalue weighted by atomic mass is 10.1. The fourth-order valence-corrected chi connectivity index (χ4v) is 2.30. The number of ether oxygens (including phenoxy) is 2. The maximum absolute atomic E-state index is 5.33. The van der Waals surface area contributed by atoms with Crippen LogP contribution in [0.4, 0.5) is 0 Å². The van der Waals surface area contributed by atoms with Crippen LogP contribution < -0.4 is 20.1 Å². The lowest BCUT2D eigenvalue weighted by Gasteiger charge is -2.13. The van der Waals surface area contributed by atoms with E-state index in [1.807, 2.05) is 12.1 Å². The van der Waals surface area contributed by atoms with Crippen molar-refractivity contribution in [3.05, 3.63) is 23.8 Å². The smallest absolute Gasteiger partial charge is 0.190 e. The Morgan fingerprint density at radius 3 is 2.39 bits per heavy atom. The van der Waals surface area contributed by atoms with Crippen molar-refractivity contribution in [1.29, 1.82) is 0 Å². The van der Waals surface area contributed by atoms with E-state index < -0.39 is 0 Å². The Balaban J connectivity index is 2.37. The molecule has 1 rings (SSSR count). The van der Waals surface area contributed by atoms with Crippen LogP contribution in [0.15, 0.2) is 23.2 Å². The van der Waals surface area contributed by atoms with Gasteiger partial charge in [-0.2, -0.15) is 0 Å². The van der Waals surface area contributed by atoms with Gasteiger partial charge in [0.15, 0.2) is 17.5 Å². The summed E-state index contributed by atoms with van der Waals surface area (Å²) < 4.78 is 10.6. The Labute approximate surface area is 140 Å². The van der Waals surface area contributed by atoms with E-state index in [0.717, 1.165) is 49.3 Å². The maximum atomic E-state index is 5.33. The van der Waals surface area contributed by atoms with Gasteiger partial charge in [-0.05, 0) is 42.9 Å². The summed E-state index contributed by atoms with van der Waals surface area (Å²) in [6.45, 7) is 6.26. The second-order valence-electron chi connectivity index (χ2n) is 5.90. The Morgan fingerprint density at radius 2 is 1.78 bits per heavy atom. The minimum atomic E-state index is 0.747. The van der Waals surface area contributed by atoms with Gasteiger partial charge in [-0.1, -0.05) is 19.9 Å². The highest BCUT2D eigenvalue weighted by Crippen LogP contribution is 2.27. The standard InChI is InChI=1S/C18H31N3O2/c1-14(2)7-6-11-20-18(19-3)21-12-10-15-8-9-16(22-4)17(13-15)23-5/h8-9,13-14H,6-7,10-12H2,1-5H3,(H2,19,20,21). The van der Waals surface area contributed by atoms with Crippen molar-refractivity contribution in [3.63, 3.8) is 0 Å². The molecule has 0 spiro atoms. The molecule has 0 atom stereocenters. The van der Waals surface area contributed by atoms with Gasteiger partial charge in [0.05, 0.1) is 14.2 Å². The number of rotatable bonds is 9. The second-order valence-corrected chi connectivity index (χ2v) is 5.90. The summed E-state index contributed by atoms with van der Waals surface area (Å²) in [5, 5.41) is 6.68. The summed E-state index contributed by atoms with van der Waals surface area (Å²) in [4.78, 5) is 4.25. The van der Waals surface area contributed by atoms with Gasteiger partial charge in [0, 0.05) is 20.1 Å². The van der Waals surface area contributed by atoms with Gasteiger partial charge in [0.1, 0.15) is 0 Å². The molecule has 0 amide bonds. The molecule has 0 fully saturated rings. The number of hydrogen-bond acceptors (Lipinski definition) is 3. The highest BCUT2D eigenvalue weighted by atomic mass is 16.5. The van der Waals surface area contributed by atoms with E-state index in [1.54, 1.807) is 21.3 Å². The molecule has 0 unspecified atom stereocenters. The first kappa shape index (κ1) is 19.1. The van der Waals surface area contributed by atoms with Crippen LogP contribution in [0.5, 0.6) is 11.5 Å². The first-order valence-electron chi connectivity index (χ1n) is 8.26. The lowest BCUT2D eigenvalue weighted by molar-refractivity contribution is 0.354. The van der Waals surface area contributed by atoms with E-state index in [0.29, 0.717) is 0 Å². The molecule has 2 N–H and O–H groups in total. The molecular formula is C18H31N3O2. The van der Waals surface area contributed by atoms with Crippen LogP contribution in [-0.4, -0.2) is 40.3 Å². The third-order valence-electron chi connectivity index (χ3n) is 3.63. The van der Waals surface area contributed by atoms with Crippen LogP contribution in [0.1, 0.15) is 32.3 Å². The molecule has 0 aliphatic rings. The highest BCUT2D eigenvalue weighted by Gasteiger charge is 2.05. The summed E-state index contributed by atoms with van der Waals surface area (Å²) >= 11 is 0. The normalized spacial score (nSPS) is 11.5. The monoisotopic (exact) mass is 321 g/mol. The number of guanidine groups is 1. The van der Waals surface area contributed by atoms with Crippen LogP contribution in [0.25, 0.3) is 0 Å². The number of benzene rings is 1. The van der Waals surface area contributed by atoms with E-state index in [2.05, 4.69) is 35.5 Å². The SMILES string of the molecule is CN=C(NCCCC(C)C)NCCc1ccc(OC)c(OC)c1. The number of nitrogens with one attached hydrogen (secondary N) is 2. The molecule has 0 aliphatic carbocycles. The number of hydrogen-bond donors (Lipinski definition) is 2. The first-order valence-corrected chi connectivity index (χ1v) is 8.26. The van der Waals surface area contributed by atoms with E-state index in [-0.39, 0.29) is 0 Å². The summed E-state index contributed by atoms with van der Waals surface area (Å²) in [7, 11) is 5.10. The summed E-state index contributed by atoms with van der Waals surface area (Å²) in [6, 6.07) is 6.01. The van der Waals surface area contributed by atoms with E-state index in [1.165, 1.54) is 12.0 Å². The average molecular weight is 321 g/mol. The van der Waals surface area contributed by atoms with Crippen LogP contribution in [0.2, 0.25) is 0 Å². The zero-order chi connectivity index (χ0) is 17.1. The van der Waals surface area contributed by atoms with Crippen molar-refractivity contribution in [2.75, 3.05) is 34.4 Å². The van der Waals surface area contributed by atoms with E-state index in [9.17, 15) is 0 Å². The van der Waals surface area contributed by atoms with Crippen molar-refractivity contribution in [3.8, 4) is 11.5 Å². The molecule has 0 aromatic heterocycles. The molecule has 0 bridgehead atoms. The van der Waals surface area contributed by atoms with Gasteiger partial charge < -0.3 is 20.1 Å². The topological polar surface area (TPSA) is 54.9 Å². The fourth-order valence-electron chi connectivity index (χ4n) is 2.30. The van der Waals surface area contributed by atoms with Gasteiger partial charge in [-0.3, -0.25) is 4.99 Å². The van der Waals surface area contributed by atoms with Gasteiger partial charge in [-0.25, -0.2) is 0 Å². The number of nitrogens with zero attached hydrogens (tertiary/aromatic N) is 1. The Hall–Kier alpha value is -1.91. The molecule has 130 valence electrons. The number of aliphatic imine (C=N–C) groups is 1. The summed E-state index contributed by atoms with van der Waals surface area (Å²) in [5.41, 5.74) is 1.20. The summed E-state index contributed by atoms with van der Waals surface area (Å²) in [6.07, 6.45) is 3.29. The molecule has 5 heteroatoms. The van der Waals surface area contributed by atoms with Crippen molar-refractivity contribution in [2.24, 2.45) is 10.9 Å². The van der Waals surface area contributed by atoms with Gasteiger partial charge in [-0.15, -0.1) is 0 Å². The van der Waals surface area contributed by atoms with Crippen LogP contribution in [-0.2, 0) is 6.42 Å². The van der Waals surface area contributed by atoms with Crippen molar-refractivity contribution in [2.45, 2.75) is 33.1 Å². The Kier molecular flexibility index (Phi) is 8.95. The number of methoxy groups -OCH3 is 2. The van der Waals surface area contributed by atoms with Gasteiger partial charge in [0.25, 0.3) is 0 Å². The lowest BCUT2D eigenvalue weighted by Crippen LogP contribution is -2.38. The molecule has 0 saturated heterocycles. The fraction of sp³-hybridized carbons (Fsp3) is 0.611. The second kappa shape index (κ2) is 10.8. The predicted molar refractivity (Wildman–Crippen MR) is 96.7 cm³/mol. The van der Waals surface area contributed by atoms with Crippen molar-refractivity contribution < 1.29 is 9.47 Å². The molecule has 5 nitrogen and oxygen atoms in total. The third-order valence-corrected chi connectivity index (χ3v) is 3.63. The zero-order valence-corrected chi connectivity index (χ0v) is 15.1. The molecular weight excluding hydrogens is 290 g/mol. The van der Waals surface area contributed by atoms with Crippen LogP contribution in [0.3, 0.4) is 0 Å². The minimum absolute atomic E-state index is 0.747. The minimum Gasteiger partial charge on any atom is -0.493 e. The molecule has 0 radical (unpaired) electrons. The van der Waals surface area contributed by atoms with E-state index >= 15 is 0 Å². The first-order chi connectivity index (χ1) is 11.1. The quantitative estimate of drug-likeness (QED) is 0.417. The van der Waals surface area contributed by atoms with Crippen molar-refractivity contribution >= 4 is 5.96 Å². The molecule has 0 aliphatic heterocycles. The predicted octanol–water partition coefficient (Wildman–Crippen LogP) is 2.85. The van der Waals surface area contributed by atoms with Gasteiger partial charge >= 0.3 is 0 Å². The zero-order valence-electron chi connectivity index (χ0n) is 15.1. The average Bonchev–Trinajstić information content (AvgIpc) is 2.56. The molecule has 23 heavy (non-hydrogen) atoms. The molecule has 1 aromatic rings. The van der Waals surface area contributed by atoms with Crippen molar-refractivity contribution in [1.82, 2.24) is 10.6 Å². The third kappa shape index (κ3) is 7.26. The van der Waals surface area contributed by atoms with E-state index in [4.69, 9.17) is 9.47 Å². The van der Waals surface area contributed by atoms with Gasteiger partial charge in [0.2, 0.25) is 0 Å². The molecule has 0 heterocycles. The summed E-state index contributed by atoms with van der Waals surface area (Å²) in [5.74, 6) is 3.12. The highest BCUT2D eigenvalue weighted by molar-refractivity contribution is 5.79. The Morgan fingerprint density at radius 1 is 1.09 bits per heavy atom. The Bertz CT molecular complexity index is 487. The van der Waals surface area contributed by atoms with Crippen LogP contribution >= 0.6 is 0 Å².